The summed E-state index contributed by atoms with van der Waals surface area (Å²) in [6, 6.07) is 3.39. The molecule has 0 aliphatic carbocycles. The molecule has 0 aliphatic rings. The molecule has 17 heavy (non-hydrogen) atoms. The van der Waals surface area contributed by atoms with Crippen LogP contribution in [0.5, 0.6) is 5.88 Å². The molecule has 0 bridgehead atoms. The molecule has 0 aromatic carbocycles. The number of carboxylic acid groups (broad SMARTS) is 1. The van der Waals surface area contributed by atoms with E-state index in [2.05, 4.69) is 15.2 Å². The molecule has 0 amide bonds. The van der Waals surface area contributed by atoms with Gasteiger partial charge in [0.15, 0.2) is 0 Å². The Balaban J connectivity index is 2.66. The van der Waals surface area contributed by atoms with Gasteiger partial charge in [0.2, 0.25) is 5.88 Å². The van der Waals surface area contributed by atoms with E-state index in [1.165, 1.54) is 13.3 Å². The zero-order valence-electron chi connectivity index (χ0n) is 8.99. The van der Waals surface area contributed by atoms with Crippen LogP contribution in [0.4, 0.5) is 0 Å². The monoisotopic (exact) mass is 231 g/mol. The largest absolute Gasteiger partial charge is 0.479 e. The van der Waals surface area contributed by atoms with Crippen LogP contribution in [0, 0.1) is 0 Å². The normalized spacial score (nSPS) is 9.94. The molecule has 0 saturated carbocycles. The minimum absolute atomic E-state index is 0.00583. The molecule has 2 rings (SSSR count). The fourth-order valence-electron chi connectivity index (χ4n) is 1.47. The summed E-state index contributed by atoms with van der Waals surface area (Å²) >= 11 is 0. The summed E-state index contributed by atoms with van der Waals surface area (Å²) in [4.78, 5) is 15.1. The SMILES string of the molecule is COc1nncc(-c2ccncc2)c1C(=O)O. The molecule has 6 nitrogen and oxygen atoms in total. The number of nitrogens with zero attached hydrogens (tertiary/aromatic N) is 3. The Hall–Kier alpha value is -2.50. The van der Waals surface area contributed by atoms with E-state index < -0.39 is 5.97 Å². The molecule has 86 valence electrons. The van der Waals surface area contributed by atoms with Crippen molar-refractivity contribution in [1.82, 2.24) is 15.2 Å². The highest BCUT2D eigenvalue weighted by atomic mass is 16.5. The molecule has 2 aromatic rings. The zero-order chi connectivity index (χ0) is 12.3. The van der Waals surface area contributed by atoms with E-state index in [1.807, 2.05) is 0 Å². The standard InChI is InChI=1S/C11H9N3O3/c1-17-10-9(11(15)16)8(6-13-14-10)7-2-4-12-5-3-7/h2-6H,1H3,(H,15,16). The van der Waals surface area contributed by atoms with Crippen molar-refractivity contribution in [3.8, 4) is 17.0 Å². The number of aromatic carboxylic acids is 1. The fraction of sp³-hybridized carbons (Fsp3) is 0.0909. The number of methoxy groups -OCH3 is 1. The lowest BCUT2D eigenvalue weighted by Crippen LogP contribution is -2.06. The second kappa shape index (κ2) is 4.56. The number of aromatic nitrogens is 3. The van der Waals surface area contributed by atoms with E-state index in [4.69, 9.17) is 4.74 Å². The average Bonchev–Trinajstić information content (AvgIpc) is 2.38. The van der Waals surface area contributed by atoms with Crippen molar-refractivity contribution in [3.05, 3.63) is 36.3 Å². The van der Waals surface area contributed by atoms with Crippen LogP contribution in [0.25, 0.3) is 11.1 Å². The van der Waals surface area contributed by atoms with Crippen LogP contribution >= 0.6 is 0 Å². The van der Waals surface area contributed by atoms with E-state index >= 15 is 0 Å². The van der Waals surface area contributed by atoms with E-state index in [1.54, 1.807) is 24.5 Å². The number of ether oxygens (including phenoxy) is 1. The van der Waals surface area contributed by atoms with Gasteiger partial charge >= 0.3 is 5.97 Å². The summed E-state index contributed by atoms with van der Waals surface area (Å²) in [5, 5.41) is 16.5. The highest BCUT2D eigenvalue weighted by Gasteiger charge is 2.19. The number of hydrogen-bond donors (Lipinski definition) is 1. The quantitative estimate of drug-likeness (QED) is 0.855. The van der Waals surface area contributed by atoms with Crippen LogP contribution < -0.4 is 4.74 Å². The van der Waals surface area contributed by atoms with Gasteiger partial charge in [-0.05, 0) is 17.7 Å². The van der Waals surface area contributed by atoms with Gasteiger partial charge in [-0.3, -0.25) is 4.98 Å². The lowest BCUT2D eigenvalue weighted by Gasteiger charge is -2.08. The van der Waals surface area contributed by atoms with Crippen molar-refractivity contribution in [2.45, 2.75) is 0 Å². The van der Waals surface area contributed by atoms with Crippen molar-refractivity contribution in [2.75, 3.05) is 7.11 Å². The highest BCUT2D eigenvalue weighted by molar-refractivity contribution is 5.97. The number of hydrogen-bond acceptors (Lipinski definition) is 5. The molecule has 0 fully saturated rings. The van der Waals surface area contributed by atoms with Crippen LogP contribution in [0.3, 0.4) is 0 Å². The van der Waals surface area contributed by atoms with Crippen LogP contribution in [-0.4, -0.2) is 33.4 Å². The predicted molar refractivity (Wildman–Crippen MR) is 58.8 cm³/mol. The topological polar surface area (TPSA) is 85.2 Å². The van der Waals surface area contributed by atoms with Crippen molar-refractivity contribution < 1.29 is 14.6 Å². The van der Waals surface area contributed by atoms with E-state index in [0.717, 1.165) is 0 Å². The average molecular weight is 231 g/mol. The minimum Gasteiger partial charge on any atom is -0.479 e. The molecular weight excluding hydrogens is 222 g/mol. The van der Waals surface area contributed by atoms with Crippen LogP contribution in [0.2, 0.25) is 0 Å². The Bertz CT molecular complexity index is 543. The number of pyridine rings is 1. The lowest BCUT2D eigenvalue weighted by molar-refractivity contribution is 0.0693. The van der Waals surface area contributed by atoms with Crippen LogP contribution in [-0.2, 0) is 0 Å². The third kappa shape index (κ3) is 2.05. The molecule has 0 aliphatic heterocycles. The molecular formula is C11H9N3O3. The highest BCUT2D eigenvalue weighted by Crippen LogP contribution is 2.27. The first-order valence-electron chi connectivity index (χ1n) is 4.77. The van der Waals surface area contributed by atoms with Crippen LogP contribution in [0.15, 0.2) is 30.7 Å². The lowest BCUT2D eigenvalue weighted by atomic mass is 10.0. The summed E-state index contributed by atoms with van der Waals surface area (Å²) in [6.45, 7) is 0. The summed E-state index contributed by atoms with van der Waals surface area (Å²) in [5.41, 5.74) is 1.14. The molecule has 6 heteroatoms. The van der Waals surface area contributed by atoms with Crippen molar-refractivity contribution in [2.24, 2.45) is 0 Å². The molecule has 0 unspecified atom stereocenters. The van der Waals surface area contributed by atoms with Gasteiger partial charge in [-0.1, -0.05) is 0 Å². The molecule has 2 aromatic heterocycles. The summed E-state index contributed by atoms with van der Waals surface area (Å²) < 4.78 is 4.90. The first-order chi connectivity index (χ1) is 8.24. The van der Waals surface area contributed by atoms with Gasteiger partial charge in [0.1, 0.15) is 5.56 Å². The number of rotatable bonds is 3. The Morgan fingerprint density at radius 2 is 2.06 bits per heavy atom. The van der Waals surface area contributed by atoms with Gasteiger partial charge in [-0.25, -0.2) is 4.79 Å². The molecule has 0 spiro atoms. The van der Waals surface area contributed by atoms with Gasteiger partial charge in [0.25, 0.3) is 0 Å². The third-order valence-corrected chi connectivity index (χ3v) is 2.22. The van der Waals surface area contributed by atoms with Gasteiger partial charge < -0.3 is 9.84 Å². The zero-order valence-corrected chi connectivity index (χ0v) is 8.99. The smallest absolute Gasteiger partial charge is 0.341 e. The van der Waals surface area contributed by atoms with Gasteiger partial charge in [0.05, 0.1) is 13.3 Å². The Labute approximate surface area is 96.9 Å². The maximum absolute atomic E-state index is 11.2. The second-order valence-electron chi connectivity index (χ2n) is 3.18. The molecule has 0 radical (unpaired) electrons. The molecule has 0 atom stereocenters. The van der Waals surface area contributed by atoms with E-state index in [-0.39, 0.29) is 11.4 Å². The first kappa shape index (κ1) is 11.0. The molecule has 0 saturated heterocycles. The third-order valence-electron chi connectivity index (χ3n) is 2.22. The Morgan fingerprint density at radius 1 is 1.35 bits per heavy atom. The van der Waals surface area contributed by atoms with E-state index in [0.29, 0.717) is 11.1 Å². The van der Waals surface area contributed by atoms with Crippen molar-refractivity contribution >= 4 is 5.97 Å². The predicted octanol–water partition coefficient (Wildman–Crippen LogP) is 1.25. The summed E-state index contributed by atoms with van der Waals surface area (Å²) in [7, 11) is 1.35. The van der Waals surface area contributed by atoms with Gasteiger partial charge in [-0.15, -0.1) is 5.10 Å². The second-order valence-corrected chi connectivity index (χ2v) is 3.18. The van der Waals surface area contributed by atoms with Crippen molar-refractivity contribution in [3.63, 3.8) is 0 Å². The Morgan fingerprint density at radius 3 is 2.65 bits per heavy atom. The molecule has 1 N–H and O–H groups in total. The van der Waals surface area contributed by atoms with Crippen molar-refractivity contribution in [1.29, 1.82) is 0 Å². The van der Waals surface area contributed by atoms with Crippen LogP contribution in [0.1, 0.15) is 10.4 Å². The Kier molecular flexibility index (Phi) is 2.95. The minimum atomic E-state index is -1.11. The fourth-order valence-corrected chi connectivity index (χ4v) is 1.47. The summed E-state index contributed by atoms with van der Waals surface area (Å²) in [6.07, 6.45) is 4.54. The van der Waals surface area contributed by atoms with E-state index in [9.17, 15) is 9.90 Å². The van der Waals surface area contributed by atoms with Gasteiger partial charge in [-0.2, -0.15) is 5.10 Å². The first-order valence-corrected chi connectivity index (χ1v) is 4.77. The van der Waals surface area contributed by atoms with Gasteiger partial charge in [0, 0.05) is 18.0 Å². The summed E-state index contributed by atoms with van der Waals surface area (Å²) in [5.74, 6) is -1.12. The maximum atomic E-state index is 11.2. The number of carbonyl (C=O) groups is 1. The maximum Gasteiger partial charge on any atom is 0.341 e. The number of carboxylic acids is 1. The molecule has 2 heterocycles.